The summed E-state index contributed by atoms with van der Waals surface area (Å²) in [5, 5.41) is 3.75. The summed E-state index contributed by atoms with van der Waals surface area (Å²) in [4.78, 5) is 26.5. The van der Waals surface area contributed by atoms with Crippen molar-refractivity contribution in [2.24, 2.45) is 5.16 Å². The average Bonchev–Trinajstić information content (AvgIpc) is 2.52. The molecule has 0 aliphatic carbocycles. The Morgan fingerprint density at radius 3 is 2.94 bits per heavy atom. The molecule has 0 spiro atoms. The highest BCUT2D eigenvalue weighted by atomic mass is 35.5. The van der Waals surface area contributed by atoms with Crippen LogP contribution >= 0.6 is 11.6 Å². The molecule has 0 unspecified atom stereocenters. The lowest BCUT2D eigenvalue weighted by Gasteiger charge is -1.96. The van der Waals surface area contributed by atoms with E-state index in [9.17, 15) is 9.59 Å². The fraction of sp³-hybridized carbons (Fsp3) is 0.100. The van der Waals surface area contributed by atoms with E-state index < -0.39 is 11.8 Å². The molecule has 0 N–H and O–H groups in total. The van der Waals surface area contributed by atoms with Gasteiger partial charge in [0.2, 0.25) is 0 Å². The van der Waals surface area contributed by atoms with Crippen LogP contribution in [0.4, 0.5) is 0 Å². The number of nitrogens with zero attached hydrogens (tertiary/aromatic N) is 1. The van der Waals surface area contributed by atoms with Crippen LogP contribution in [-0.4, -0.2) is 17.7 Å². The maximum Gasteiger partial charge on any atom is 0.332 e. The van der Waals surface area contributed by atoms with E-state index in [2.05, 4.69) is 9.99 Å². The quantitative estimate of drug-likeness (QED) is 0.554. The molecule has 0 saturated carbocycles. The molecular weight excluding hydrogens is 234 g/mol. The molecule has 0 fully saturated rings. The van der Waals surface area contributed by atoms with Gasteiger partial charge in [-0.1, -0.05) is 11.6 Å². The largest absolute Gasteiger partial charge is 0.433 e. The number of carbonyl (C=O) groups excluding carboxylic acids is 2. The lowest BCUT2D eigenvalue weighted by Crippen LogP contribution is -2.13. The first kappa shape index (κ1) is 10.6. The van der Waals surface area contributed by atoms with Crippen molar-refractivity contribution >= 4 is 29.3 Å². The van der Waals surface area contributed by atoms with Crippen molar-refractivity contribution in [1.29, 1.82) is 0 Å². The van der Waals surface area contributed by atoms with Crippen LogP contribution in [0.25, 0.3) is 0 Å². The van der Waals surface area contributed by atoms with E-state index in [1.54, 1.807) is 6.07 Å². The minimum Gasteiger partial charge on any atom is -0.433 e. The van der Waals surface area contributed by atoms with Gasteiger partial charge in [-0.25, -0.2) is 4.79 Å². The highest BCUT2D eigenvalue weighted by molar-refractivity contribution is 6.46. The Labute approximate surface area is 95.6 Å². The number of hydrogen-bond donors (Lipinski definition) is 0. The van der Waals surface area contributed by atoms with E-state index in [-0.39, 0.29) is 5.90 Å². The van der Waals surface area contributed by atoms with Crippen LogP contribution in [0.15, 0.2) is 23.4 Å². The van der Waals surface area contributed by atoms with Gasteiger partial charge in [-0.15, -0.1) is 0 Å². The van der Waals surface area contributed by atoms with Crippen molar-refractivity contribution in [3.8, 4) is 5.75 Å². The first-order valence-corrected chi connectivity index (χ1v) is 4.73. The van der Waals surface area contributed by atoms with E-state index in [0.29, 0.717) is 16.3 Å². The molecule has 16 heavy (non-hydrogen) atoms. The fourth-order valence-electron chi connectivity index (χ4n) is 1.20. The predicted molar refractivity (Wildman–Crippen MR) is 55.6 cm³/mol. The smallest absolute Gasteiger partial charge is 0.332 e. The molecule has 1 aliphatic rings. The Hall–Kier alpha value is -1.88. The minimum atomic E-state index is -0.627. The summed E-state index contributed by atoms with van der Waals surface area (Å²) in [7, 11) is 0. The molecule has 82 valence electrons. The third kappa shape index (κ3) is 1.90. The molecule has 0 atom stereocenters. The topological polar surface area (TPSA) is 65.0 Å². The summed E-state index contributed by atoms with van der Waals surface area (Å²) in [5.41, 5.74) is 0.343. The normalized spacial score (nSPS) is 15.9. The summed E-state index contributed by atoms with van der Waals surface area (Å²) < 4.78 is 5.09. The summed E-state index contributed by atoms with van der Waals surface area (Å²) in [6.07, 6.45) is 0. The second kappa shape index (κ2) is 3.94. The second-order valence-electron chi connectivity index (χ2n) is 3.05. The van der Waals surface area contributed by atoms with E-state index in [1.165, 1.54) is 19.1 Å². The zero-order valence-electron chi connectivity index (χ0n) is 8.19. The van der Waals surface area contributed by atoms with E-state index >= 15 is 0 Å². The molecule has 6 heteroatoms. The predicted octanol–water partition coefficient (Wildman–Crippen LogP) is 1.79. The highest BCUT2D eigenvalue weighted by Crippen LogP contribution is 2.29. The molecule has 1 aliphatic heterocycles. The summed E-state index contributed by atoms with van der Waals surface area (Å²) in [5.74, 6) is -1.03. The summed E-state index contributed by atoms with van der Waals surface area (Å²) >= 11 is 5.73. The number of rotatable bonds is 1. The maximum atomic E-state index is 11.6. The number of fused-ring (bicyclic) bond motifs is 1. The van der Waals surface area contributed by atoms with Gasteiger partial charge in [-0.3, -0.25) is 4.79 Å². The van der Waals surface area contributed by atoms with E-state index in [0.717, 1.165) is 0 Å². The van der Waals surface area contributed by atoms with Crippen LogP contribution in [0.5, 0.6) is 5.75 Å². The molecule has 0 saturated heterocycles. The van der Waals surface area contributed by atoms with Gasteiger partial charge in [-0.05, 0) is 17.3 Å². The molecule has 0 aromatic heterocycles. The lowest BCUT2D eigenvalue weighted by atomic mass is 10.1. The molecule has 1 aromatic rings. The first-order chi connectivity index (χ1) is 7.58. The maximum absolute atomic E-state index is 11.6. The Bertz CT molecular complexity index is 510. The Morgan fingerprint density at radius 1 is 1.50 bits per heavy atom. The summed E-state index contributed by atoms with van der Waals surface area (Å²) in [6.45, 7) is 1.17. The average molecular weight is 240 g/mol. The van der Waals surface area contributed by atoms with Gasteiger partial charge in [0.25, 0.3) is 5.78 Å². The van der Waals surface area contributed by atoms with Crippen LogP contribution in [0.3, 0.4) is 0 Å². The standard InChI is InChI=1S/C10H6ClNO4/c1-5(13)16-12-10-9(14)7-3-2-6(11)4-8(7)15-10/h2-4H,1H3. The summed E-state index contributed by atoms with van der Waals surface area (Å²) in [6, 6.07) is 4.58. The first-order valence-electron chi connectivity index (χ1n) is 4.35. The SMILES string of the molecule is CC(=O)ON=C1Oc2cc(Cl)ccc2C1=O. The molecule has 1 aromatic carbocycles. The van der Waals surface area contributed by atoms with Gasteiger partial charge in [-0.2, -0.15) is 0 Å². The Morgan fingerprint density at radius 2 is 2.25 bits per heavy atom. The zero-order chi connectivity index (χ0) is 11.7. The number of ether oxygens (including phenoxy) is 1. The monoisotopic (exact) mass is 239 g/mol. The van der Waals surface area contributed by atoms with Gasteiger partial charge in [0.1, 0.15) is 5.75 Å². The number of carbonyl (C=O) groups is 2. The molecular formula is C10H6ClNO4. The number of oxime groups is 1. The molecule has 0 bridgehead atoms. The lowest BCUT2D eigenvalue weighted by molar-refractivity contribution is -0.141. The van der Waals surface area contributed by atoms with Crippen LogP contribution in [0.1, 0.15) is 17.3 Å². The second-order valence-corrected chi connectivity index (χ2v) is 3.49. The third-order valence-corrected chi connectivity index (χ3v) is 2.08. The van der Waals surface area contributed by atoms with Gasteiger partial charge >= 0.3 is 11.9 Å². The number of benzene rings is 1. The van der Waals surface area contributed by atoms with Crippen molar-refractivity contribution in [1.82, 2.24) is 0 Å². The number of Topliss-reactive ketones (excluding diaryl/α,β-unsaturated/α-hetero) is 1. The minimum absolute atomic E-state index is 0.271. The number of ketones is 1. The van der Waals surface area contributed by atoms with Gasteiger partial charge in [0, 0.05) is 18.0 Å². The van der Waals surface area contributed by atoms with E-state index in [4.69, 9.17) is 16.3 Å². The highest BCUT2D eigenvalue weighted by Gasteiger charge is 2.30. The molecule has 0 amide bonds. The Balaban J connectivity index is 2.30. The third-order valence-electron chi connectivity index (χ3n) is 1.85. The number of hydrogen-bond acceptors (Lipinski definition) is 5. The van der Waals surface area contributed by atoms with Crippen molar-refractivity contribution in [2.75, 3.05) is 0 Å². The number of halogens is 1. The molecule has 2 rings (SSSR count). The Kier molecular flexibility index (Phi) is 2.62. The van der Waals surface area contributed by atoms with Crippen molar-refractivity contribution in [3.05, 3.63) is 28.8 Å². The van der Waals surface area contributed by atoms with Gasteiger partial charge < -0.3 is 9.57 Å². The van der Waals surface area contributed by atoms with Crippen LogP contribution in [0, 0.1) is 0 Å². The van der Waals surface area contributed by atoms with E-state index in [1.807, 2.05) is 0 Å². The van der Waals surface area contributed by atoms with Crippen molar-refractivity contribution in [2.45, 2.75) is 6.92 Å². The molecule has 5 nitrogen and oxygen atoms in total. The van der Waals surface area contributed by atoms with Crippen LogP contribution in [0.2, 0.25) is 5.02 Å². The van der Waals surface area contributed by atoms with Crippen LogP contribution in [-0.2, 0) is 9.63 Å². The van der Waals surface area contributed by atoms with Crippen molar-refractivity contribution in [3.63, 3.8) is 0 Å². The zero-order valence-corrected chi connectivity index (χ0v) is 8.95. The fourth-order valence-corrected chi connectivity index (χ4v) is 1.36. The van der Waals surface area contributed by atoms with Crippen LogP contribution < -0.4 is 4.74 Å². The van der Waals surface area contributed by atoms with Crippen molar-refractivity contribution < 1.29 is 19.2 Å². The van der Waals surface area contributed by atoms with Gasteiger partial charge in [0.05, 0.1) is 5.56 Å². The molecule has 1 heterocycles. The molecule has 0 radical (unpaired) electrons. The van der Waals surface area contributed by atoms with Gasteiger partial charge in [0.15, 0.2) is 0 Å².